The molecule has 1 atom stereocenters. The zero-order valence-electron chi connectivity index (χ0n) is 15.6. The molecule has 2 amide bonds. The molecule has 8 nitrogen and oxygen atoms in total. The molecule has 1 fully saturated rings. The predicted octanol–water partition coefficient (Wildman–Crippen LogP) is 2.48. The highest BCUT2D eigenvalue weighted by molar-refractivity contribution is 7.91. The molecule has 1 unspecified atom stereocenters. The molecule has 0 radical (unpaired) electrons. The van der Waals surface area contributed by atoms with Crippen molar-refractivity contribution in [3.8, 4) is 11.3 Å². The van der Waals surface area contributed by atoms with Crippen molar-refractivity contribution < 1.29 is 22.4 Å². The Morgan fingerprint density at radius 1 is 1.10 bits per heavy atom. The summed E-state index contributed by atoms with van der Waals surface area (Å²) in [6.07, 6.45) is 1.55. The van der Waals surface area contributed by atoms with Gasteiger partial charge in [-0.15, -0.1) is 11.3 Å². The maximum Gasteiger partial charge on any atom is 0.256 e. The van der Waals surface area contributed by atoms with E-state index in [0.717, 1.165) is 16.9 Å². The lowest BCUT2D eigenvalue weighted by molar-refractivity contribution is -0.121. The van der Waals surface area contributed by atoms with E-state index in [1.165, 1.54) is 15.3 Å². The number of nitrogens with zero attached hydrogens (tertiary/aromatic N) is 2. The first-order chi connectivity index (χ1) is 14.4. The van der Waals surface area contributed by atoms with Crippen molar-refractivity contribution in [1.29, 1.82) is 0 Å². The van der Waals surface area contributed by atoms with Crippen LogP contribution in [0.15, 0.2) is 62.7 Å². The molecule has 4 heterocycles. The number of nitrogens with one attached hydrogen (secondary N) is 1. The maximum absolute atomic E-state index is 13.3. The van der Waals surface area contributed by atoms with E-state index >= 15 is 0 Å². The average Bonchev–Trinajstić information content (AvgIpc) is 3.46. The standard InChI is InChI=1S/C20H17N3O5S2/c24-19-16-12-22(30(26,27)18-4-2-10-29-18)7-8-23(16)20(25)14-11-13(5-6-15(14)21-19)17-3-1-9-28-17/h1-6,9-11,16H,7-8,12H2,(H,21,24). The molecule has 0 spiro atoms. The van der Waals surface area contributed by atoms with Gasteiger partial charge in [-0.2, -0.15) is 4.31 Å². The van der Waals surface area contributed by atoms with Gasteiger partial charge in [0.15, 0.2) is 0 Å². The summed E-state index contributed by atoms with van der Waals surface area (Å²) in [5.74, 6) is -0.0987. The minimum Gasteiger partial charge on any atom is -0.464 e. The zero-order chi connectivity index (χ0) is 20.9. The Kier molecular flexibility index (Phi) is 4.49. The number of hydrogen-bond donors (Lipinski definition) is 1. The molecule has 2 aromatic heterocycles. The van der Waals surface area contributed by atoms with Crippen LogP contribution in [-0.4, -0.2) is 55.1 Å². The molecule has 1 aromatic carbocycles. The molecule has 1 saturated heterocycles. The van der Waals surface area contributed by atoms with Crippen molar-refractivity contribution in [2.24, 2.45) is 0 Å². The third-order valence-corrected chi connectivity index (χ3v) is 8.55. The molecular weight excluding hydrogens is 426 g/mol. The number of amides is 2. The zero-order valence-corrected chi connectivity index (χ0v) is 17.3. The van der Waals surface area contributed by atoms with Crippen LogP contribution in [0.1, 0.15) is 10.4 Å². The van der Waals surface area contributed by atoms with E-state index in [1.54, 1.807) is 48.0 Å². The number of benzene rings is 1. The Bertz CT molecular complexity index is 1220. The van der Waals surface area contributed by atoms with Gasteiger partial charge in [0.05, 0.1) is 17.5 Å². The van der Waals surface area contributed by atoms with Crippen molar-refractivity contribution >= 4 is 38.9 Å². The summed E-state index contributed by atoms with van der Waals surface area (Å²) in [6, 6.07) is 11.0. The summed E-state index contributed by atoms with van der Waals surface area (Å²) < 4.78 is 32.7. The van der Waals surface area contributed by atoms with Crippen LogP contribution in [0.5, 0.6) is 0 Å². The molecule has 3 aromatic rings. The molecular formula is C20H17N3O5S2. The van der Waals surface area contributed by atoms with Crippen LogP contribution in [-0.2, 0) is 14.8 Å². The van der Waals surface area contributed by atoms with Crippen molar-refractivity contribution in [3.63, 3.8) is 0 Å². The number of rotatable bonds is 3. The molecule has 30 heavy (non-hydrogen) atoms. The number of sulfonamides is 1. The highest BCUT2D eigenvalue weighted by Crippen LogP contribution is 2.31. The van der Waals surface area contributed by atoms with E-state index in [0.29, 0.717) is 17.0 Å². The summed E-state index contributed by atoms with van der Waals surface area (Å²) in [5.41, 5.74) is 1.48. The first-order valence-electron chi connectivity index (χ1n) is 9.28. The summed E-state index contributed by atoms with van der Waals surface area (Å²) in [4.78, 5) is 27.6. The molecule has 0 saturated carbocycles. The predicted molar refractivity (Wildman–Crippen MR) is 111 cm³/mol. The lowest BCUT2D eigenvalue weighted by Crippen LogP contribution is -2.59. The fourth-order valence-corrected chi connectivity index (χ4v) is 6.36. The average molecular weight is 444 g/mol. The number of thiophene rings is 1. The number of furan rings is 1. The van der Waals surface area contributed by atoms with Crippen LogP contribution in [0.2, 0.25) is 0 Å². The number of piperazine rings is 1. The smallest absolute Gasteiger partial charge is 0.256 e. The first kappa shape index (κ1) is 19.0. The van der Waals surface area contributed by atoms with E-state index in [2.05, 4.69) is 5.32 Å². The molecule has 2 aliphatic rings. The van der Waals surface area contributed by atoms with Crippen molar-refractivity contribution in [2.75, 3.05) is 25.0 Å². The van der Waals surface area contributed by atoms with Crippen molar-refractivity contribution in [2.45, 2.75) is 10.3 Å². The molecule has 2 aliphatic heterocycles. The Hall–Kier alpha value is -2.95. The minimum absolute atomic E-state index is 0.0865. The van der Waals surface area contributed by atoms with E-state index in [1.807, 2.05) is 0 Å². The van der Waals surface area contributed by atoms with Crippen LogP contribution in [0, 0.1) is 0 Å². The minimum atomic E-state index is -3.70. The van der Waals surface area contributed by atoms with Gasteiger partial charge < -0.3 is 14.6 Å². The van der Waals surface area contributed by atoms with Gasteiger partial charge >= 0.3 is 0 Å². The van der Waals surface area contributed by atoms with Gasteiger partial charge in [0.25, 0.3) is 15.9 Å². The summed E-state index contributed by atoms with van der Waals surface area (Å²) in [5, 5.41) is 4.47. The molecule has 5 rings (SSSR count). The van der Waals surface area contributed by atoms with Gasteiger partial charge in [-0.05, 0) is 41.8 Å². The molecule has 0 bridgehead atoms. The SMILES string of the molecule is O=C1Nc2ccc(-c3ccco3)cc2C(=O)N2CCN(S(=O)(=O)c3cccs3)CC12. The largest absolute Gasteiger partial charge is 0.464 e. The van der Waals surface area contributed by atoms with Gasteiger partial charge in [0.1, 0.15) is 16.0 Å². The molecule has 0 aliphatic carbocycles. The number of anilines is 1. The normalized spacial score (nSPS) is 19.7. The third-order valence-electron chi connectivity index (χ3n) is 5.31. The van der Waals surface area contributed by atoms with Gasteiger partial charge in [-0.25, -0.2) is 8.42 Å². The Labute approximate surface area is 176 Å². The number of carbonyl (C=O) groups is 2. The highest BCUT2D eigenvalue weighted by Gasteiger charge is 2.42. The molecule has 10 heteroatoms. The molecule has 1 N–H and O–H groups in total. The van der Waals surface area contributed by atoms with E-state index in [9.17, 15) is 18.0 Å². The van der Waals surface area contributed by atoms with Crippen LogP contribution < -0.4 is 5.32 Å². The number of carbonyl (C=O) groups excluding carboxylic acids is 2. The van der Waals surface area contributed by atoms with E-state index in [-0.39, 0.29) is 29.8 Å². The number of hydrogen-bond acceptors (Lipinski definition) is 6. The quantitative estimate of drug-likeness (QED) is 0.670. The van der Waals surface area contributed by atoms with E-state index in [4.69, 9.17) is 4.42 Å². The van der Waals surface area contributed by atoms with Crippen molar-refractivity contribution in [3.05, 3.63) is 59.7 Å². The van der Waals surface area contributed by atoms with Crippen LogP contribution >= 0.6 is 11.3 Å². The van der Waals surface area contributed by atoms with Crippen LogP contribution in [0.4, 0.5) is 5.69 Å². The monoisotopic (exact) mass is 443 g/mol. The summed E-state index contributed by atoms with van der Waals surface area (Å²) >= 11 is 1.13. The second-order valence-electron chi connectivity index (χ2n) is 7.04. The number of fused-ring (bicyclic) bond motifs is 2. The van der Waals surface area contributed by atoms with Gasteiger partial charge in [0, 0.05) is 25.2 Å². The van der Waals surface area contributed by atoms with Gasteiger partial charge in [-0.1, -0.05) is 6.07 Å². The summed E-state index contributed by atoms with van der Waals surface area (Å²) in [7, 11) is -3.70. The Morgan fingerprint density at radius 2 is 1.97 bits per heavy atom. The van der Waals surface area contributed by atoms with Crippen LogP contribution in [0.3, 0.4) is 0 Å². The first-order valence-corrected chi connectivity index (χ1v) is 11.6. The second kappa shape index (κ2) is 7.08. The second-order valence-corrected chi connectivity index (χ2v) is 10.1. The highest BCUT2D eigenvalue weighted by atomic mass is 32.2. The maximum atomic E-state index is 13.3. The van der Waals surface area contributed by atoms with Gasteiger partial charge in [0.2, 0.25) is 5.91 Å². The van der Waals surface area contributed by atoms with Crippen LogP contribution in [0.25, 0.3) is 11.3 Å². The van der Waals surface area contributed by atoms with Gasteiger partial charge in [-0.3, -0.25) is 9.59 Å². The van der Waals surface area contributed by atoms with E-state index < -0.39 is 22.0 Å². The Balaban J connectivity index is 1.47. The lowest BCUT2D eigenvalue weighted by Gasteiger charge is -2.38. The third kappa shape index (κ3) is 3.04. The Morgan fingerprint density at radius 3 is 2.70 bits per heavy atom. The molecule has 154 valence electrons. The lowest BCUT2D eigenvalue weighted by atomic mass is 10.1. The van der Waals surface area contributed by atoms with Crippen molar-refractivity contribution in [1.82, 2.24) is 9.21 Å². The fourth-order valence-electron chi connectivity index (χ4n) is 3.78. The summed E-state index contributed by atoms with van der Waals surface area (Å²) in [6.45, 7) is 0.172. The fraction of sp³-hybridized carbons (Fsp3) is 0.200. The topological polar surface area (TPSA) is 99.9 Å².